The second-order valence-corrected chi connectivity index (χ2v) is 7.40. The quantitative estimate of drug-likeness (QED) is 0.482. The molecule has 0 saturated carbocycles. The Morgan fingerprint density at radius 2 is 2.05 bits per heavy atom. The maximum atomic E-state index is 10.4. The molecule has 2 rings (SSSR count). The molecule has 20 heavy (non-hydrogen) atoms. The van der Waals surface area contributed by atoms with E-state index in [4.69, 9.17) is 0 Å². The summed E-state index contributed by atoms with van der Waals surface area (Å²) in [5.74, 6) is 0.443. The van der Waals surface area contributed by atoms with Gasteiger partial charge in [0.2, 0.25) is 0 Å². The fourth-order valence-electron chi connectivity index (χ4n) is 2.64. The summed E-state index contributed by atoms with van der Waals surface area (Å²) in [4.78, 5) is 2.47. The minimum absolute atomic E-state index is 0.276. The lowest BCUT2D eigenvalue weighted by molar-refractivity contribution is 0.163. The van der Waals surface area contributed by atoms with Gasteiger partial charge in [-0.1, -0.05) is 6.08 Å². The van der Waals surface area contributed by atoms with E-state index in [2.05, 4.69) is 68.0 Å². The third kappa shape index (κ3) is 4.08. The Labute approximate surface area is 148 Å². The maximum Gasteiger partial charge on any atom is 0.133 e. The van der Waals surface area contributed by atoms with Crippen molar-refractivity contribution in [1.29, 1.82) is 0 Å². The molecule has 1 saturated heterocycles. The highest BCUT2D eigenvalue weighted by Crippen LogP contribution is 2.36. The first-order valence-electron chi connectivity index (χ1n) is 6.87. The van der Waals surface area contributed by atoms with Gasteiger partial charge in [-0.15, -0.1) is 6.58 Å². The summed E-state index contributed by atoms with van der Waals surface area (Å²) in [5.41, 5.74) is 1.06. The Balaban J connectivity index is 2.31. The average molecular weight is 498 g/mol. The first-order valence-corrected chi connectivity index (χ1v) is 9.02. The molecule has 0 amide bonds. The van der Waals surface area contributed by atoms with Crippen molar-refractivity contribution in [3.05, 3.63) is 37.5 Å². The molecule has 1 aliphatic rings. The molecular formula is C15H20I2N2O. The van der Waals surface area contributed by atoms with Crippen LogP contribution >= 0.6 is 45.2 Å². The van der Waals surface area contributed by atoms with Crippen LogP contribution in [0.1, 0.15) is 24.4 Å². The lowest BCUT2D eigenvalue weighted by atomic mass is 9.98. The van der Waals surface area contributed by atoms with Gasteiger partial charge in [-0.2, -0.15) is 0 Å². The van der Waals surface area contributed by atoms with Crippen molar-refractivity contribution in [1.82, 2.24) is 10.2 Å². The van der Waals surface area contributed by atoms with Crippen LogP contribution in [0.3, 0.4) is 0 Å². The molecule has 1 aromatic carbocycles. The van der Waals surface area contributed by atoms with E-state index in [0.717, 1.165) is 48.2 Å². The number of rotatable bonds is 5. The highest BCUT2D eigenvalue weighted by Gasteiger charge is 2.25. The highest BCUT2D eigenvalue weighted by atomic mass is 127. The second-order valence-electron chi connectivity index (χ2n) is 4.99. The van der Waals surface area contributed by atoms with Crippen molar-refractivity contribution < 1.29 is 5.11 Å². The van der Waals surface area contributed by atoms with E-state index in [1.54, 1.807) is 0 Å². The van der Waals surface area contributed by atoms with Crippen molar-refractivity contribution in [3.63, 3.8) is 0 Å². The Morgan fingerprint density at radius 1 is 1.35 bits per heavy atom. The monoisotopic (exact) mass is 498 g/mol. The minimum Gasteiger partial charge on any atom is -0.506 e. The van der Waals surface area contributed by atoms with Crippen LogP contribution in [0.4, 0.5) is 0 Å². The summed E-state index contributed by atoms with van der Waals surface area (Å²) in [5, 5.41) is 13.8. The fourth-order valence-corrected chi connectivity index (χ4v) is 4.53. The molecule has 0 spiro atoms. The SMILES string of the molecule is C=CCC[C@H](c1cc(I)cc(I)c1O)N1CCNCC1. The van der Waals surface area contributed by atoms with E-state index in [-0.39, 0.29) is 6.04 Å². The predicted molar refractivity (Wildman–Crippen MR) is 100 cm³/mol. The van der Waals surface area contributed by atoms with Crippen LogP contribution in [-0.4, -0.2) is 36.2 Å². The van der Waals surface area contributed by atoms with Crippen molar-refractivity contribution in [3.8, 4) is 5.75 Å². The number of hydrogen-bond acceptors (Lipinski definition) is 3. The van der Waals surface area contributed by atoms with Gasteiger partial charge in [-0.25, -0.2) is 0 Å². The highest BCUT2D eigenvalue weighted by molar-refractivity contribution is 14.1. The summed E-state index contributed by atoms with van der Waals surface area (Å²) in [6.07, 6.45) is 3.94. The van der Waals surface area contributed by atoms with Crippen molar-refractivity contribution in [2.24, 2.45) is 0 Å². The van der Waals surface area contributed by atoms with Crippen molar-refractivity contribution in [2.75, 3.05) is 26.2 Å². The molecule has 5 heteroatoms. The molecule has 0 unspecified atom stereocenters. The van der Waals surface area contributed by atoms with E-state index >= 15 is 0 Å². The normalized spacial score (nSPS) is 17.9. The number of hydrogen-bond donors (Lipinski definition) is 2. The molecule has 1 aromatic rings. The summed E-state index contributed by atoms with van der Waals surface area (Å²) < 4.78 is 2.11. The molecule has 1 fully saturated rings. The first-order chi connectivity index (χ1) is 9.63. The molecular weight excluding hydrogens is 478 g/mol. The van der Waals surface area contributed by atoms with Gasteiger partial charge in [0.05, 0.1) is 3.57 Å². The summed E-state index contributed by atoms with van der Waals surface area (Å²) in [7, 11) is 0. The number of phenolic OH excluding ortho intramolecular Hbond substituents is 1. The molecule has 2 N–H and O–H groups in total. The Bertz CT molecular complexity index is 473. The second kappa shape index (κ2) is 7.95. The van der Waals surface area contributed by atoms with Crippen LogP contribution in [0.5, 0.6) is 5.75 Å². The third-order valence-corrected chi connectivity index (χ3v) is 5.10. The predicted octanol–water partition coefficient (Wildman–Crippen LogP) is 3.51. The molecule has 3 nitrogen and oxygen atoms in total. The van der Waals surface area contributed by atoms with Crippen LogP contribution < -0.4 is 5.32 Å². The fraction of sp³-hybridized carbons (Fsp3) is 0.467. The van der Waals surface area contributed by atoms with Gasteiger partial charge in [0.15, 0.2) is 0 Å². The van der Waals surface area contributed by atoms with Gasteiger partial charge in [0, 0.05) is 41.4 Å². The van der Waals surface area contributed by atoms with E-state index in [1.807, 2.05) is 12.1 Å². The number of nitrogens with one attached hydrogen (secondary N) is 1. The third-order valence-electron chi connectivity index (χ3n) is 3.65. The Morgan fingerprint density at radius 3 is 2.70 bits per heavy atom. The zero-order valence-corrected chi connectivity index (χ0v) is 15.7. The number of benzene rings is 1. The van der Waals surface area contributed by atoms with Crippen molar-refractivity contribution >= 4 is 45.2 Å². The molecule has 0 radical (unpaired) electrons. The summed E-state index contributed by atoms with van der Waals surface area (Å²) >= 11 is 4.53. The average Bonchev–Trinajstić information content (AvgIpc) is 2.45. The lowest BCUT2D eigenvalue weighted by Gasteiger charge is -2.35. The number of nitrogens with zero attached hydrogens (tertiary/aromatic N) is 1. The molecule has 1 heterocycles. The topological polar surface area (TPSA) is 35.5 Å². The van der Waals surface area contributed by atoms with Gasteiger partial charge in [0.1, 0.15) is 5.75 Å². The smallest absolute Gasteiger partial charge is 0.133 e. The zero-order valence-electron chi connectivity index (χ0n) is 11.4. The zero-order chi connectivity index (χ0) is 14.5. The molecule has 110 valence electrons. The van der Waals surface area contributed by atoms with Crippen LogP contribution in [0.25, 0.3) is 0 Å². The van der Waals surface area contributed by atoms with Gasteiger partial charge < -0.3 is 10.4 Å². The van der Waals surface area contributed by atoms with Crippen LogP contribution in [-0.2, 0) is 0 Å². The molecule has 1 aliphatic heterocycles. The van der Waals surface area contributed by atoms with Crippen LogP contribution in [0.15, 0.2) is 24.8 Å². The minimum atomic E-state index is 0.276. The number of aromatic hydroxyl groups is 1. The largest absolute Gasteiger partial charge is 0.506 e. The lowest BCUT2D eigenvalue weighted by Crippen LogP contribution is -2.45. The van der Waals surface area contributed by atoms with E-state index in [1.165, 1.54) is 3.57 Å². The maximum absolute atomic E-state index is 10.4. The Hall–Kier alpha value is 0.140. The van der Waals surface area contributed by atoms with Crippen LogP contribution in [0, 0.1) is 7.14 Å². The van der Waals surface area contributed by atoms with E-state index < -0.39 is 0 Å². The standard InChI is InChI=1S/C15H20I2N2O/c1-2-3-4-14(19-7-5-18-6-8-19)12-9-11(16)10-13(17)15(12)20/h2,9-10,14,18,20H,1,3-8H2/t14-/m1/s1. The van der Waals surface area contributed by atoms with Gasteiger partial charge in [-0.3, -0.25) is 4.90 Å². The number of halogens is 2. The molecule has 0 aromatic heterocycles. The van der Waals surface area contributed by atoms with E-state index in [0.29, 0.717) is 5.75 Å². The Kier molecular flexibility index (Phi) is 6.57. The molecule has 0 bridgehead atoms. The number of piperazine rings is 1. The summed E-state index contributed by atoms with van der Waals surface area (Å²) in [6.45, 7) is 7.94. The molecule has 0 aliphatic carbocycles. The van der Waals surface area contributed by atoms with Gasteiger partial charge >= 0.3 is 0 Å². The first kappa shape index (κ1) is 16.5. The summed E-state index contributed by atoms with van der Waals surface area (Å²) in [6, 6.07) is 4.41. The van der Waals surface area contributed by atoms with E-state index in [9.17, 15) is 5.11 Å². The molecule has 1 atom stereocenters. The number of allylic oxidation sites excluding steroid dienone is 1. The van der Waals surface area contributed by atoms with Crippen molar-refractivity contribution in [2.45, 2.75) is 18.9 Å². The number of phenols is 1. The van der Waals surface area contributed by atoms with Gasteiger partial charge in [-0.05, 0) is 70.2 Å². The van der Waals surface area contributed by atoms with Gasteiger partial charge in [0.25, 0.3) is 0 Å². The van der Waals surface area contributed by atoms with Crippen LogP contribution in [0.2, 0.25) is 0 Å².